The van der Waals surface area contributed by atoms with Crippen LogP contribution < -0.4 is 4.74 Å². The van der Waals surface area contributed by atoms with Crippen molar-refractivity contribution in [1.82, 2.24) is 0 Å². The minimum Gasteiger partial charge on any atom is -0.483 e. The molecule has 0 amide bonds. The molecule has 0 radical (unpaired) electrons. The Morgan fingerprint density at radius 2 is 2.11 bits per heavy atom. The van der Waals surface area contributed by atoms with E-state index in [-0.39, 0.29) is 11.9 Å². The van der Waals surface area contributed by atoms with Crippen molar-refractivity contribution in [2.45, 2.75) is 13.0 Å². The third kappa shape index (κ3) is 3.38. The van der Waals surface area contributed by atoms with Crippen LogP contribution in [-0.2, 0) is 4.74 Å². The summed E-state index contributed by atoms with van der Waals surface area (Å²) < 4.78 is 16.6. The lowest BCUT2D eigenvalue weighted by molar-refractivity contribution is 0.0558. The van der Waals surface area contributed by atoms with Crippen molar-refractivity contribution in [2.24, 2.45) is 0 Å². The fourth-order valence-corrected chi connectivity index (χ4v) is 1.96. The number of halogens is 1. The highest BCUT2D eigenvalue weighted by Gasteiger charge is 2.16. The molecule has 19 heavy (non-hydrogen) atoms. The van der Waals surface area contributed by atoms with E-state index in [1.807, 2.05) is 31.2 Å². The van der Waals surface area contributed by atoms with E-state index in [2.05, 4.69) is 20.7 Å². The molecule has 1 heterocycles. The number of furan rings is 1. The van der Waals surface area contributed by atoms with Crippen molar-refractivity contribution in [3.05, 3.63) is 52.4 Å². The number of methoxy groups -OCH3 is 1. The molecule has 1 aromatic carbocycles. The second-order valence-corrected chi connectivity index (χ2v) is 4.83. The zero-order chi connectivity index (χ0) is 13.8. The van der Waals surface area contributed by atoms with Gasteiger partial charge in [0.1, 0.15) is 11.5 Å². The second kappa shape index (κ2) is 5.93. The van der Waals surface area contributed by atoms with E-state index < -0.39 is 5.97 Å². The normalized spacial score (nSPS) is 11.9. The van der Waals surface area contributed by atoms with E-state index in [4.69, 9.17) is 9.15 Å². The van der Waals surface area contributed by atoms with Crippen molar-refractivity contribution in [2.75, 3.05) is 7.11 Å². The van der Waals surface area contributed by atoms with Gasteiger partial charge in [-0.05, 0) is 37.3 Å². The lowest BCUT2D eigenvalue weighted by Crippen LogP contribution is -2.02. The van der Waals surface area contributed by atoms with Gasteiger partial charge in [-0.2, -0.15) is 0 Å². The number of esters is 1. The minimum absolute atomic E-state index is 0.169. The molecule has 0 aliphatic rings. The van der Waals surface area contributed by atoms with Crippen LogP contribution in [0.25, 0.3) is 0 Å². The van der Waals surface area contributed by atoms with E-state index >= 15 is 0 Å². The van der Waals surface area contributed by atoms with Crippen molar-refractivity contribution >= 4 is 21.9 Å². The number of ether oxygens (including phenoxy) is 2. The maximum Gasteiger partial charge on any atom is 0.373 e. The first kappa shape index (κ1) is 13.7. The maximum absolute atomic E-state index is 11.3. The van der Waals surface area contributed by atoms with Crippen LogP contribution in [0.4, 0.5) is 0 Å². The third-order valence-corrected chi connectivity index (χ3v) is 3.02. The molecular weight excluding hydrogens is 312 g/mol. The van der Waals surface area contributed by atoms with Crippen LogP contribution in [-0.4, -0.2) is 13.1 Å². The van der Waals surface area contributed by atoms with E-state index in [1.165, 1.54) is 7.11 Å². The van der Waals surface area contributed by atoms with Gasteiger partial charge in [0.15, 0.2) is 6.10 Å². The first-order chi connectivity index (χ1) is 9.10. The standard InChI is InChI=1S/C14H13BrO4/c1-9(18-11-5-3-4-10(15)8-11)12-6-7-13(19-12)14(16)17-2/h3-9H,1-2H3. The Hall–Kier alpha value is -1.75. The van der Waals surface area contributed by atoms with Gasteiger partial charge in [-0.1, -0.05) is 22.0 Å². The molecule has 0 fully saturated rings. The topological polar surface area (TPSA) is 48.7 Å². The molecule has 2 aromatic rings. The van der Waals surface area contributed by atoms with Crippen LogP contribution in [0.5, 0.6) is 5.75 Å². The monoisotopic (exact) mass is 324 g/mol. The fraction of sp³-hybridized carbons (Fsp3) is 0.214. The lowest BCUT2D eigenvalue weighted by atomic mass is 10.3. The molecular formula is C14H13BrO4. The molecule has 100 valence electrons. The highest BCUT2D eigenvalue weighted by Crippen LogP contribution is 2.25. The first-order valence-corrected chi connectivity index (χ1v) is 6.49. The van der Waals surface area contributed by atoms with Crippen LogP contribution in [0.3, 0.4) is 0 Å². The maximum atomic E-state index is 11.3. The summed E-state index contributed by atoms with van der Waals surface area (Å²) in [6.45, 7) is 1.85. The number of carbonyl (C=O) groups is 1. The summed E-state index contributed by atoms with van der Waals surface area (Å²) in [4.78, 5) is 11.3. The Morgan fingerprint density at radius 3 is 2.79 bits per heavy atom. The Labute approximate surface area is 119 Å². The van der Waals surface area contributed by atoms with Crippen LogP contribution in [0, 0.1) is 0 Å². The second-order valence-electron chi connectivity index (χ2n) is 3.91. The van der Waals surface area contributed by atoms with Crippen LogP contribution in [0.1, 0.15) is 29.3 Å². The Morgan fingerprint density at radius 1 is 1.32 bits per heavy atom. The van der Waals surface area contributed by atoms with Gasteiger partial charge in [0, 0.05) is 4.47 Å². The van der Waals surface area contributed by atoms with Gasteiger partial charge in [-0.15, -0.1) is 0 Å². The van der Waals surface area contributed by atoms with Gasteiger partial charge >= 0.3 is 5.97 Å². The molecule has 0 aliphatic heterocycles. The smallest absolute Gasteiger partial charge is 0.373 e. The summed E-state index contributed by atoms with van der Waals surface area (Å²) in [7, 11) is 1.31. The summed E-state index contributed by atoms with van der Waals surface area (Å²) in [6, 6.07) is 10.8. The van der Waals surface area contributed by atoms with E-state index in [1.54, 1.807) is 12.1 Å². The molecule has 1 atom stereocenters. The first-order valence-electron chi connectivity index (χ1n) is 5.70. The van der Waals surface area contributed by atoms with Crippen molar-refractivity contribution in [3.63, 3.8) is 0 Å². The SMILES string of the molecule is COC(=O)c1ccc(C(C)Oc2cccc(Br)c2)o1. The molecule has 0 saturated heterocycles. The molecule has 4 nitrogen and oxygen atoms in total. The Kier molecular flexibility index (Phi) is 4.27. The number of benzene rings is 1. The predicted molar refractivity (Wildman–Crippen MR) is 73.2 cm³/mol. The largest absolute Gasteiger partial charge is 0.483 e. The summed E-state index contributed by atoms with van der Waals surface area (Å²) in [5.41, 5.74) is 0. The molecule has 1 unspecified atom stereocenters. The summed E-state index contributed by atoms with van der Waals surface area (Å²) in [5, 5.41) is 0. The van der Waals surface area contributed by atoms with Gasteiger partial charge in [0.2, 0.25) is 5.76 Å². The van der Waals surface area contributed by atoms with Crippen LogP contribution >= 0.6 is 15.9 Å². The summed E-state index contributed by atoms with van der Waals surface area (Å²) >= 11 is 3.38. The van der Waals surface area contributed by atoms with Gasteiger partial charge in [0.05, 0.1) is 7.11 Å². The van der Waals surface area contributed by atoms with E-state index in [0.29, 0.717) is 5.76 Å². The quantitative estimate of drug-likeness (QED) is 0.798. The lowest BCUT2D eigenvalue weighted by Gasteiger charge is -2.12. The zero-order valence-corrected chi connectivity index (χ0v) is 12.1. The minimum atomic E-state index is -0.499. The third-order valence-electron chi connectivity index (χ3n) is 2.52. The van der Waals surface area contributed by atoms with Gasteiger partial charge in [0.25, 0.3) is 0 Å². The van der Waals surface area contributed by atoms with Crippen molar-refractivity contribution in [3.8, 4) is 5.75 Å². The van der Waals surface area contributed by atoms with Crippen LogP contribution in [0.2, 0.25) is 0 Å². The number of hydrogen-bond acceptors (Lipinski definition) is 4. The van der Waals surface area contributed by atoms with Gasteiger partial charge in [-0.25, -0.2) is 4.79 Å². The fourth-order valence-electron chi connectivity index (χ4n) is 1.58. The number of carbonyl (C=O) groups excluding carboxylic acids is 1. The van der Waals surface area contributed by atoms with E-state index in [9.17, 15) is 4.79 Å². The molecule has 0 bridgehead atoms. The van der Waals surface area contributed by atoms with Crippen molar-refractivity contribution in [1.29, 1.82) is 0 Å². The molecule has 0 aliphatic carbocycles. The summed E-state index contributed by atoms with van der Waals surface area (Å²) in [5.74, 6) is 0.960. The Bertz CT molecular complexity index is 576. The van der Waals surface area contributed by atoms with E-state index in [0.717, 1.165) is 10.2 Å². The zero-order valence-electron chi connectivity index (χ0n) is 10.6. The molecule has 2 rings (SSSR count). The number of hydrogen-bond donors (Lipinski definition) is 0. The predicted octanol–water partition coefficient (Wildman–Crippen LogP) is 3.97. The average Bonchev–Trinajstić information content (AvgIpc) is 2.87. The molecule has 5 heteroatoms. The molecule has 0 saturated carbocycles. The number of rotatable bonds is 4. The van der Waals surface area contributed by atoms with Crippen molar-refractivity contribution < 1.29 is 18.7 Å². The van der Waals surface area contributed by atoms with Crippen LogP contribution in [0.15, 0.2) is 45.3 Å². The Balaban J connectivity index is 2.09. The van der Waals surface area contributed by atoms with Gasteiger partial charge in [-0.3, -0.25) is 0 Å². The molecule has 1 aromatic heterocycles. The highest BCUT2D eigenvalue weighted by atomic mass is 79.9. The van der Waals surface area contributed by atoms with Gasteiger partial charge < -0.3 is 13.9 Å². The molecule has 0 spiro atoms. The average molecular weight is 325 g/mol. The highest BCUT2D eigenvalue weighted by molar-refractivity contribution is 9.10. The molecule has 0 N–H and O–H groups in total. The summed E-state index contributed by atoms with van der Waals surface area (Å²) in [6.07, 6.45) is -0.298.